The Labute approximate surface area is 659 Å². The average Bonchev–Trinajstić information content (AvgIpc) is 1.57. The van der Waals surface area contributed by atoms with E-state index in [0.29, 0.717) is 74.7 Å². The molecule has 22 aromatic rings. The van der Waals surface area contributed by atoms with E-state index in [2.05, 4.69) is 198 Å². The van der Waals surface area contributed by atoms with Gasteiger partial charge in [-0.15, -0.1) is 0 Å². The molecule has 0 saturated carbocycles. The van der Waals surface area contributed by atoms with E-state index in [0.717, 1.165) is 149 Å². The van der Waals surface area contributed by atoms with Gasteiger partial charge in [0.05, 0.1) is 96.9 Å². The molecule has 0 fully saturated rings. The first kappa shape index (κ1) is 66.2. The van der Waals surface area contributed by atoms with Crippen molar-refractivity contribution in [3.8, 4) is 137 Å². The molecule has 0 aliphatic heterocycles. The van der Waals surface area contributed by atoms with Crippen LogP contribution in [-0.4, -0.2) is 88.0 Å². The van der Waals surface area contributed by atoms with Gasteiger partial charge in [0.25, 0.3) is 0 Å². The van der Waals surface area contributed by atoms with Crippen LogP contribution in [0.5, 0.6) is 0 Å². The second-order valence-corrected chi connectivity index (χ2v) is 28.0. The van der Waals surface area contributed by atoms with Crippen molar-refractivity contribution < 1.29 is 0 Å². The normalized spacial score (nSPS) is 11.6. The molecule has 0 aliphatic rings. The van der Waals surface area contributed by atoms with Crippen LogP contribution in [0.2, 0.25) is 0 Å². The molecule has 0 unspecified atom stereocenters. The molecule has 0 atom stereocenters. The van der Waals surface area contributed by atoms with Crippen LogP contribution in [-0.2, 0) is 0 Å². The van der Waals surface area contributed by atoms with Crippen molar-refractivity contribution in [3.05, 3.63) is 340 Å². The minimum absolute atomic E-state index is 0.477. The largest absolute Gasteiger partial charge is 0.307 e. The highest BCUT2D eigenvalue weighted by atomic mass is 15.1. The fraction of sp³-hybridized carbons (Fsp3) is 0. The third kappa shape index (κ3) is 10.9. The van der Waals surface area contributed by atoms with Gasteiger partial charge in [-0.3, -0.25) is 9.13 Å². The van der Waals surface area contributed by atoms with Crippen molar-refractivity contribution in [1.82, 2.24) is 88.0 Å². The molecule has 20 heteroatoms. The number of rotatable bonds is 13. The van der Waals surface area contributed by atoms with E-state index in [1.54, 1.807) is 86.4 Å². The Morgan fingerprint density at radius 1 is 0.216 bits per heavy atom. The Hall–Kier alpha value is -16.8. The molecule has 116 heavy (non-hydrogen) atoms. The predicted octanol–water partition coefficient (Wildman–Crippen LogP) is 20.4. The predicted molar refractivity (Wildman–Crippen MR) is 451 cm³/mol. The van der Waals surface area contributed by atoms with Gasteiger partial charge < -0.3 is 9.13 Å². The molecule has 0 aliphatic carbocycles. The molecule has 538 valence electrons. The van der Waals surface area contributed by atoms with Gasteiger partial charge in [0.15, 0.2) is 34.9 Å². The van der Waals surface area contributed by atoms with Crippen molar-refractivity contribution in [2.45, 2.75) is 0 Å². The monoisotopic (exact) mass is 1490 g/mol. The first-order valence-electron chi connectivity index (χ1n) is 37.4. The maximum Gasteiger partial charge on any atom is 0.159 e. The van der Waals surface area contributed by atoms with Crippen molar-refractivity contribution in [2.24, 2.45) is 0 Å². The lowest BCUT2D eigenvalue weighted by molar-refractivity contribution is 1.05. The van der Waals surface area contributed by atoms with Gasteiger partial charge in [-0.1, -0.05) is 115 Å². The number of para-hydroxylation sites is 1. The molecule has 0 N–H and O–H groups in total. The van der Waals surface area contributed by atoms with E-state index in [1.165, 1.54) is 0 Å². The number of nitrogens with zero attached hydrogens (tertiary/aromatic N) is 20. The van der Waals surface area contributed by atoms with E-state index in [9.17, 15) is 10.5 Å². The number of fused-ring (bicyclic) bond motifs is 12. The van der Waals surface area contributed by atoms with Crippen molar-refractivity contribution in [1.29, 1.82) is 10.5 Å². The summed E-state index contributed by atoms with van der Waals surface area (Å²) in [6.07, 6.45) is 23.1. The number of hydrogen-bond donors (Lipinski definition) is 0. The van der Waals surface area contributed by atoms with Crippen LogP contribution >= 0.6 is 0 Å². The summed E-state index contributed by atoms with van der Waals surface area (Å²) in [6.45, 7) is 0. The Kier molecular flexibility index (Phi) is 15.4. The van der Waals surface area contributed by atoms with Crippen LogP contribution in [0, 0.1) is 22.7 Å². The highest BCUT2D eigenvalue weighted by Gasteiger charge is 2.27. The number of aromatic nitrogens is 18. The first-order chi connectivity index (χ1) is 57.4. The molecule has 20 nitrogen and oxygen atoms in total. The highest BCUT2D eigenvalue weighted by Crippen LogP contribution is 2.46. The maximum absolute atomic E-state index is 11.1. The fourth-order valence-corrected chi connectivity index (χ4v) is 16.5. The molecule has 12 aromatic heterocycles. The van der Waals surface area contributed by atoms with Crippen LogP contribution in [0.3, 0.4) is 0 Å². The molecule has 22 rings (SSSR count). The number of nitriles is 2. The van der Waals surface area contributed by atoms with Gasteiger partial charge in [-0.2, -0.15) is 10.5 Å². The van der Waals surface area contributed by atoms with Gasteiger partial charge in [0, 0.05) is 172 Å². The second kappa shape index (κ2) is 27.0. The summed E-state index contributed by atoms with van der Waals surface area (Å²) in [7, 11) is 0. The van der Waals surface area contributed by atoms with E-state index >= 15 is 0 Å². The summed E-state index contributed by atoms with van der Waals surface area (Å²) >= 11 is 0. The topological polar surface area (TPSA) is 248 Å². The van der Waals surface area contributed by atoms with Gasteiger partial charge in [0.1, 0.15) is 11.6 Å². The van der Waals surface area contributed by atoms with Gasteiger partial charge >= 0.3 is 0 Å². The van der Waals surface area contributed by atoms with Crippen molar-refractivity contribution in [2.75, 3.05) is 0 Å². The molecule has 0 saturated heterocycles. The zero-order chi connectivity index (χ0) is 76.9. The smallest absolute Gasteiger partial charge is 0.159 e. The standard InChI is InChI=1S/C96H54N20/c97-53-64-12-1-3-14-66(64)76-51-89(115-79-17-6-5-16-68(79)74-44-59(24-31-81(74)115)92-101-35-8-36-102-92)110-55-87(76)113-80-30-23-58(91-99-33-7-34-100-91)45-75(80)73-25-18-57(46-82(73)113)78-32-43-109-96(112-78)63-22-29-72-71-28-21-62(95-107-41-11-42-108-95)49-85(71)116(86(72)50-63)90-52-77(67-15-4-2-13-65(67)54-98)88(56-111-90)114-83-47-60(93-103-37-9-38-104-93)19-26-69(83)70-27-20-61(48-84(70)114)94-105-39-10-40-106-94/h1-52,55-56H. The van der Waals surface area contributed by atoms with E-state index in [4.69, 9.17) is 29.9 Å². The lowest BCUT2D eigenvalue weighted by Crippen LogP contribution is -2.04. The van der Waals surface area contributed by atoms with Gasteiger partial charge in [-0.25, -0.2) is 69.8 Å². The molecule has 0 amide bonds. The highest BCUT2D eigenvalue weighted by molar-refractivity contribution is 6.15. The summed E-state index contributed by atoms with van der Waals surface area (Å²) in [5, 5.41) is 29.9. The van der Waals surface area contributed by atoms with E-state index in [1.807, 2.05) is 116 Å². The zero-order valence-electron chi connectivity index (χ0n) is 61.1. The molecule has 12 heterocycles. The Bertz CT molecular complexity index is 7770. The van der Waals surface area contributed by atoms with Crippen LogP contribution in [0.1, 0.15) is 11.1 Å². The van der Waals surface area contributed by atoms with E-state index in [-0.39, 0.29) is 0 Å². The van der Waals surface area contributed by atoms with Gasteiger partial charge in [0.2, 0.25) is 0 Å². The second-order valence-electron chi connectivity index (χ2n) is 28.0. The first-order valence-corrected chi connectivity index (χ1v) is 37.4. The maximum atomic E-state index is 11.1. The Balaban J connectivity index is 0.727. The van der Waals surface area contributed by atoms with Crippen LogP contribution in [0.4, 0.5) is 0 Å². The molecular weight excluding hydrogens is 1430 g/mol. The Morgan fingerprint density at radius 2 is 0.526 bits per heavy atom. The van der Waals surface area contributed by atoms with Crippen LogP contribution < -0.4 is 0 Å². The summed E-state index contributed by atoms with van der Waals surface area (Å²) in [5.41, 5.74) is 18.9. The average molecular weight is 1490 g/mol. The molecular formula is C96H54N20. The van der Waals surface area contributed by atoms with Crippen LogP contribution in [0.25, 0.3) is 212 Å². The number of hydrogen-bond acceptors (Lipinski definition) is 16. The Morgan fingerprint density at radius 3 is 0.966 bits per heavy atom. The summed E-state index contributed by atoms with van der Waals surface area (Å²) in [6, 6.07) is 88.1. The molecule has 0 bridgehead atoms. The number of benzene rings is 10. The quantitative estimate of drug-likeness (QED) is 0.104. The SMILES string of the molecule is N#Cc1ccccc1-c1cc(-n2c3ccccc3c3cc(-c4ncccn4)ccc32)ncc1-n1c2ccc(-c3ncccn3)cc2c2ccc(-c3ccnc(-c4ccc5c6ccc(-c7ncccn7)cc6n(-c6cc(-c7ccccc7C#N)c(-n7c8cc(-c9ncccn9)ccc8c8ccc(-c9ncccn9)cc87)cn6)c5c4)n3)cc21. The fourth-order valence-electron chi connectivity index (χ4n) is 16.5. The minimum Gasteiger partial charge on any atom is -0.307 e. The molecule has 10 aromatic carbocycles. The summed E-state index contributed by atoms with van der Waals surface area (Å²) < 4.78 is 8.81. The third-order valence-corrected chi connectivity index (χ3v) is 21.7. The van der Waals surface area contributed by atoms with Gasteiger partial charge in [-0.05, 0) is 133 Å². The third-order valence-electron chi connectivity index (χ3n) is 21.7. The summed E-state index contributed by atoms with van der Waals surface area (Å²) in [5.74, 6) is 4.65. The summed E-state index contributed by atoms with van der Waals surface area (Å²) in [4.78, 5) is 68.2. The zero-order valence-corrected chi connectivity index (χ0v) is 61.1. The minimum atomic E-state index is 0.477. The number of pyridine rings is 2. The van der Waals surface area contributed by atoms with Crippen LogP contribution in [0.15, 0.2) is 329 Å². The lowest BCUT2D eigenvalue weighted by atomic mass is 9.99. The lowest BCUT2D eigenvalue weighted by Gasteiger charge is -2.18. The van der Waals surface area contributed by atoms with Crippen molar-refractivity contribution in [3.63, 3.8) is 0 Å². The molecule has 0 radical (unpaired) electrons. The van der Waals surface area contributed by atoms with E-state index < -0.39 is 0 Å². The molecule has 0 spiro atoms. The van der Waals surface area contributed by atoms with Crippen molar-refractivity contribution >= 4 is 87.2 Å².